The fourth-order valence-electron chi connectivity index (χ4n) is 3.04. The molecule has 1 fully saturated rings. The molecule has 0 aliphatic heterocycles. The van der Waals surface area contributed by atoms with Crippen molar-refractivity contribution in [3.05, 3.63) is 33.4 Å². The molecule has 0 spiro atoms. The number of hydrogen-bond donors (Lipinski definition) is 2. The number of rotatable bonds is 5. The molecule has 0 aromatic carbocycles. The molecule has 2 aromatic rings. The lowest BCUT2D eigenvalue weighted by molar-refractivity contribution is 0.0703. The summed E-state index contributed by atoms with van der Waals surface area (Å²) in [5.74, 6) is 5.80. The van der Waals surface area contributed by atoms with Gasteiger partial charge in [-0.15, -0.1) is 11.3 Å². The lowest BCUT2D eigenvalue weighted by Crippen LogP contribution is -2.31. The van der Waals surface area contributed by atoms with Crippen molar-refractivity contribution < 1.29 is 14.6 Å². The van der Waals surface area contributed by atoms with Crippen molar-refractivity contribution in [3.8, 4) is 17.7 Å². The van der Waals surface area contributed by atoms with Crippen LogP contribution in [0.15, 0.2) is 18.5 Å². The van der Waals surface area contributed by atoms with Crippen LogP contribution in [0.25, 0.3) is 0 Å². The Kier molecular flexibility index (Phi) is 6.66. The molecule has 0 bridgehead atoms. The molecule has 29 heavy (non-hydrogen) atoms. The zero-order valence-corrected chi connectivity index (χ0v) is 18.2. The molecular weight excluding hydrogens is 410 g/mol. The summed E-state index contributed by atoms with van der Waals surface area (Å²) in [4.78, 5) is 20.8. The summed E-state index contributed by atoms with van der Waals surface area (Å²) < 4.78 is 5.87. The minimum atomic E-state index is -0.931. The quantitative estimate of drug-likeness (QED) is 0.639. The fraction of sp³-hybridized carbons (Fsp3) is 0.476. The number of halogens is 1. The van der Waals surface area contributed by atoms with Gasteiger partial charge >= 0.3 is 5.97 Å². The van der Waals surface area contributed by atoms with E-state index in [1.54, 1.807) is 0 Å². The average molecular weight is 434 g/mol. The number of aromatic nitrogens is 2. The van der Waals surface area contributed by atoms with Gasteiger partial charge in [0.05, 0.1) is 23.0 Å². The fourth-order valence-corrected chi connectivity index (χ4v) is 3.96. The second-order valence-electron chi connectivity index (χ2n) is 8.07. The highest BCUT2D eigenvalue weighted by atomic mass is 35.5. The second kappa shape index (κ2) is 9.02. The van der Waals surface area contributed by atoms with E-state index in [-0.39, 0.29) is 17.6 Å². The molecule has 2 aromatic heterocycles. The molecule has 0 unspecified atom stereocenters. The van der Waals surface area contributed by atoms with E-state index >= 15 is 0 Å². The zero-order valence-electron chi connectivity index (χ0n) is 16.7. The van der Waals surface area contributed by atoms with E-state index in [1.165, 1.54) is 23.7 Å². The van der Waals surface area contributed by atoms with E-state index in [9.17, 15) is 9.90 Å². The third-order valence-corrected chi connectivity index (χ3v) is 5.64. The lowest BCUT2D eigenvalue weighted by atomic mass is 9.92. The molecule has 2 N–H and O–H groups in total. The van der Waals surface area contributed by atoms with Gasteiger partial charge in [-0.1, -0.05) is 23.4 Å². The number of anilines is 1. The maximum Gasteiger partial charge on any atom is 0.348 e. The van der Waals surface area contributed by atoms with Crippen molar-refractivity contribution in [3.63, 3.8) is 0 Å². The van der Waals surface area contributed by atoms with E-state index in [1.807, 2.05) is 26.8 Å². The smallest absolute Gasteiger partial charge is 0.348 e. The molecule has 6 nitrogen and oxygen atoms in total. The maximum atomic E-state index is 11.6. The lowest BCUT2D eigenvalue weighted by Gasteiger charge is -2.29. The monoisotopic (exact) mass is 433 g/mol. The Hall–Kier alpha value is -2.30. The van der Waals surface area contributed by atoms with E-state index in [2.05, 4.69) is 27.1 Å². The number of carboxylic acid groups (broad SMARTS) is 1. The minimum Gasteiger partial charge on any atom is -0.477 e. The number of nitrogens with one attached hydrogen (secondary N) is 1. The van der Waals surface area contributed by atoms with Gasteiger partial charge in [0.2, 0.25) is 5.88 Å². The van der Waals surface area contributed by atoms with Crippen LogP contribution in [-0.4, -0.2) is 33.2 Å². The first-order valence-corrected chi connectivity index (χ1v) is 10.7. The zero-order chi connectivity index (χ0) is 21.0. The molecule has 3 rings (SSSR count). The van der Waals surface area contributed by atoms with Gasteiger partial charge in [-0.05, 0) is 52.5 Å². The van der Waals surface area contributed by atoms with Gasteiger partial charge in [0.15, 0.2) is 0 Å². The Bertz CT molecular complexity index is 917. The third kappa shape index (κ3) is 6.34. The van der Waals surface area contributed by atoms with Crippen LogP contribution in [0.5, 0.6) is 5.88 Å². The molecule has 0 atom stereocenters. The van der Waals surface area contributed by atoms with Crippen LogP contribution in [0, 0.1) is 17.3 Å². The third-order valence-electron chi connectivity index (χ3n) is 4.40. The van der Waals surface area contributed by atoms with Crippen molar-refractivity contribution >= 4 is 34.6 Å². The summed E-state index contributed by atoms with van der Waals surface area (Å²) >= 11 is 6.96. The standard InChI is InChI=1S/C21H24ClN3O3S/c1-21(2,3)9-8-15-10-16(19(29-15)20(26)27)25-13-4-6-14(7-5-13)28-18-12-23-17(22)11-24-18/h10-14,25H,4-7H2,1-3H3,(H,26,27)/t13-,14+. The van der Waals surface area contributed by atoms with Gasteiger partial charge in [0.1, 0.15) is 16.1 Å². The summed E-state index contributed by atoms with van der Waals surface area (Å²) in [6.07, 6.45) is 6.52. The van der Waals surface area contributed by atoms with Gasteiger partial charge in [-0.2, -0.15) is 0 Å². The topological polar surface area (TPSA) is 84.3 Å². The van der Waals surface area contributed by atoms with Crippen LogP contribution < -0.4 is 10.1 Å². The predicted molar refractivity (Wildman–Crippen MR) is 115 cm³/mol. The Labute approximate surface area is 179 Å². The number of carboxylic acids is 1. The summed E-state index contributed by atoms with van der Waals surface area (Å²) in [6.45, 7) is 6.09. The average Bonchev–Trinajstić information content (AvgIpc) is 3.06. The molecule has 154 valence electrons. The van der Waals surface area contributed by atoms with Gasteiger partial charge in [0.25, 0.3) is 0 Å². The minimum absolute atomic E-state index is 0.0677. The highest BCUT2D eigenvalue weighted by molar-refractivity contribution is 7.15. The molecule has 8 heteroatoms. The largest absolute Gasteiger partial charge is 0.477 e. The van der Waals surface area contributed by atoms with Crippen LogP contribution >= 0.6 is 22.9 Å². The number of aromatic carboxylic acids is 1. The van der Waals surface area contributed by atoms with Gasteiger partial charge in [0, 0.05) is 11.5 Å². The van der Waals surface area contributed by atoms with Crippen LogP contribution in [-0.2, 0) is 0 Å². The summed E-state index contributed by atoms with van der Waals surface area (Å²) in [7, 11) is 0. The van der Waals surface area contributed by atoms with Crippen molar-refractivity contribution in [2.45, 2.75) is 58.6 Å². The predicted octanol–water partition coefficient (Wildman–Crippen LogP) is 5.09. The first-order chi connectivity index (χ1) is 13.7. The molecule has 0 saturated heterocycles. The van der Waals surface area contributed by atoms with E-state index < -0.39 is 5.97 Å². The van der Waals surface area contributed by atoms with Crippen LogP contribution in [0.1, 0.15) is 61.0 Å². The highest BCUT2D eigenvalue weighted by Gasteiger charge is 2.25. The Balaban J connectivity index is 1.60. The Morgan fingerprint density at radius 3 is 2.59 bits per heavy atom. The number of hydrogen-bond acceptors (Lipinski definition) is 6. The van der Waals surface area contributed by atoms with E-state index in [0.29, 0.717) is 21.6 Å². The van der Waals surface area contributed by atoms with Crippen LogP contribution in [0.2, 0.25) is 5.15 Å². The second-order valence-corrected chi connectivity index (χ2v) is 9.51. The van der Waals surface area contributed by atoms with Crippen molar-refractivity contribution in [2.75, 3.05) is 5.32 Å². The number of ether oxygens (including phenoxy) is 1. The summed E-state index contributed by atoms with van der Waals surface area (Å²) in [5.41, 5.74) is 0.516. The van der Waals surface area contributed by atoms with Crippen molar-refractivity contribution in [2.24, 2.45) is 5.41 Å². The van der Waals surface area contributed by atoms with Crippen LogP contribution in [0.4, 0.5) is 5.69 Å². The summed E-state index contributed by atoms with van der Waals surface area (Å²) in [5, 5.41) is 13.3. The first kappa shape index (κ1) is 21.4. The molecule has 0 amide bonds. The Morgan fingerprint density at radius 1 is 1.28 bits per heavy atom. The van der Waals surface area contributed by atoms with Gasteiger partial charge in [-0.3, -0.25) is 0 Å². The summed E-state index contributed by atoms with van der Waals surface area (Å²) in [6, 6.07) is 2.04. The highest BCUT2D eigenvalue weighted by Crippen LogP contribution is 2.31. The molecular formula is C21H24ClN3O3S. The van der Waals surface area contributed by atoms with Crippen LogP contribution in [0.3, 0.4) is 0 Å². The van der Waals surface area contributed by atoms with E-state index in [0.717, 1.165) is 30.6 Å². The number of thiophene rings is 1. The Morgan fingerprint density at radius 2 is 2.00 bits per heavy atom. The molecule has 2 heterocycles. The molecule has 1 saturated carbocycles. The molecule has 1 aliphatic carbocycles. The van der Waals surface area contributed by atoms with Gasteiger partial charge < -0.3 is 15.2 Å². The molecule has 0 radical (unpaired) electrons. The van der Waals surface area contributed by atoms with Crippen molar-refractivity contribution in [1.82, 2.24) is 9.97 Å². The molecule has 1 aliphatic rings. The normalized spacial score (nSPS) is 19.2. The number of carbonyl (C=O) groups is 1. The first-order valence-electron chi connectivity index (χ1n) is 9.50. The number of nitrogens with zero attached hydrogens (tertiary/aromatic N) is 2. The van der Waals surface area contributed by atoms with Crippen molar-refractivity contribution in [1.29, 1.82) is 0 Å². The van der Waals surface area contributed by atoms with E-state index in [4.69, 9.17) is 16.3 Å². The SMILES string of the molecule is CC(C)(C)C#Cc1cc(N[C@H]2CC[C@@H](Oc3cnc(Cl)cn3)CC2)c(C(=O)O)s1. The maximum absolute atomic E-state index is 11.6. The van der Waals surface area contributed by atoms with Gasteiger partial charge in [-0.25, -0.2) is 14.8 Å².